The Kier molecular flexibility index (Phi) is 5.90. The van der Waals surface area contributed by atoms with Crippen LogP contribution in [0.1, 0.15) is 17.3 Å². The number of nitrogens with zero attached hydrogens (tertiary/aromatic N) is 2. The van der Waals surface area contributed by atoms with Gasteiger partial charge in [0, 0.05) is 29.7 Å². The fraction of sp³-hybridized carbons (Fsp3) is 0.130. The molecule has 4 aromatic rings. The molecule has 0 saturated heterocycles. The number of aryl methyl sites for hydroxylation is 1. The summed E-state index contributed by atoms with van der Waals surface area (Å²) in [6.45, 7) is 2.44. The van der Waals surface area contributed by atoms with Crippen molar-refractivity contribution in [2.45, 2.75) is 11.8 Å². The smallest absolute Gasteiger partial charge is 0.261 e. The van der Waals surface area contributed by atoms with Gasteiger partial charge in [-0.05, 0) is 61.5 Å². The van der Waals surface area contributed by atoms with Gasteiger partial charge in [0.25, 0.3) is 15.9 Å². The van der Waals surface area contributed by atoms with Gasteiger partial charge in [0.2, 0.25) is 0 Å². The number of benzene rings is 3. The number of rotatable bonds is 6. The molecule has 2 N–H and O–H groups in total. The zero-order valence-corrected chi connectivity index (χ0v) is 19.0. The predicted molar refractivity (Wildman–Crippen MR) is 126 cm³/mol. The van der Waals surface area contributed by atoms with Crippen molar-refractivity contribution in [3.05, 3.63) is 77.3 Å². The Morgan fingerprint density at radius 2 is 1.72 bits per heavy atom. The van der Waals surface area contributed by atoms with E-state index in [0.717, 1.165) is 11.1 Å². The summed E-state index contributed by atoms with van der Waals surface area (Å²) in [5, 5.41) is 3.23. The molecule has 0 bridgehead atoms. The Labute approximate surface area is 191 Å². The summed E-state index contributed by atoms with van der Waals surface area (Å²) in [6, 6.07) is 18.4. The monoisotopic (exact) mass is 468 g/mol. The largest absolute Gasteiger partial charge is 0.352 e. The molecule has 9 heteroatoms. The molecule has 1 aromatic heterocycles. The highest BCUT2D eigenvalue weighted by Crippen LogP contribution is 2.27. The van der Waals surface area contributed by atoms with E-state index in [0.29, 0.717) is 34.2 Å². The SMILES string of the molecule is CCNC(=O)c1ccc(-c2nc3cc(NS(=O)(=O)c4ccc(Cl)cc4)ccc3n2C)cc1. The Morgan fingerprint density at radius 1 is 1.03 bits per heavy atom. The summed E-state index contributed by atoms with van der Waals surface area (Å²) in [7, 11) is -1.86. The van der Waals surface area contributed by atoms with E-state index in [1.165, 1.54) is 24.3 Å². The van der Waals surface area contributed by atoms with E-state index in [-0.39, 0.29) is 10.8 Å². The summed E-state index contributed by atoms with van der Waals surface area (Å²) in [4.78, 5) is 16.8. The maximum Gasteiger partial charge on any atom is 0.261 e. The van der Waals surface area contributed by atoms with Crippen molar-refractivity contribution in [3.8, 4) is 11.4 Å². The molecule has 0 spiro atoms. The lowest BCUT2D eigenvalue weighted by atomic mass is 10.1. The number of halogens is 1. The Bertz CT molecular complexity index is 1400. The van der Waals surface area contributed by atoms with E-state index in [1.54, 1.807) is 24.3 Å². The molecule has 164 valence electrons. The zero-order valence-electron chi connectivity index (χ0n) is 17.5. The summed E-state index contributed by atoms with van der Waals surface area (Å²) in [6.07, 6.45) is 0. The molecule has 0 aliphatic rings. The minimum absolute atomic E-state index is 0.121. The maximum atomic E-state index is 12.7. The minimum atomic E-state index is -3.75. The van der Waals surface area contributed by atoms with E-state index in [9.17, 15) is 13.2 Å². The molecule has 4 rings (SSSR count). The van der Waals surface area contributed by atoms with Crippen molar-refractivity contribution in [2.24, 2.45) is 7.05 Å². The molecule has 0 aliphatic carbocycles. The van der Waals surface area contributed by atoms with Crippen molar-refractivity contribution in [3.63, 3.8) is 0 Å². The second-order valence-corrected chi connectivity index (χ2v) is 9.31. The molecule has 0 radical (unpaired) electrons. The number of hydrogen-bond donors (Lipinski definition) is 2. The van der Waals surface area contributed by atoms with Crippen LogP contribution in [0.2, 0.25) is 5.02 Å². The van der Waals surface area contributed by atoms with Crippen LogP contribution in [-0.2, 0) is 17.1 Å². The number of fused-ring (bicyclic) bond motifs is 1. The second kappa shape index (κ2) is 8.64. The number of sulfonamides is 1. The molecule has 3 aromatic carbocycles. The normalized spacial score (nSPS) is 11.5. The van der Waals surface area contributed by atoms with E-state index >= 15 is 0 Å². The van der Waals surface area contributed by atoms with Crippen LogP contribution in [0.5, 0.6) is 0 Å². The van der Waals surface area contributed by atoms with Crippen LogP contribution in [0.25, 0.3) is 22.4 Å². The topological polar surface area (TPSA) is 93.1 Å². The number of aromatic nitrogens is 2. The average molecular weight is 469 g/mol. The molecule has 0 aliphatic heterocycles. The first-order chi connectivity index (χ1) is 15.3. The van der Waals surface area contributed by atoms with Crippen molar-refractivity contribution in [1.29, 1.82) is 0 Å². The van der Waals surface area contributed by atoms with E-state index in [4.69, 9.17) is 11.6 Å². The lowest BCUT2D eigenvalue weighted by molar-refractivity contribution is 0.0956. The molecule has 32 heavy (non-hydrogen) atoms. The molecular weight excluding hydrogens is 448 g/mol. The summed E-state index contributed by atoms with van der Waals surface area (Å²) in [5.74, 6) is 0.585. The highest BCUT2D eigenvalue weighted by Gasteiger charge is 2.16. The van der Waals surface area contributed by atoms with Gasteiger partial charge >= 0.3 is 0 Å². The molecular formula is C23H21ClN4O3S. The molecule has 1 amide bonds. The number of amides is 1. The van der Waals surface area contributed by atoms with Crippen molar-refractivity contribution >= 4 is 44.3 Å². The first-order valence-electron chi connectivity index (χ1n) is 9.92. The molecule has 0 unspecified atom stereocenters. The van der Waals surface area contributed by atoms with Gasteiger partial charge < -0.3 is 9.88 Å². The summed E-state index contributed by atoms with van der Waals surface area (Å²) in [5.41, 5.74) is 3.32. The predicted octanol–water partition coefficient (Wildman–Crippen LogP) is 4.44. The molecule has 0 fully saturated rings. The molecule has 1 heterocycles. The van der Waals surface area contributed by atoms with Gasteiger partial charge in [0.1, 0.15) is 5.82 Å². The fourth-order valence-corrected chi connectivity index (χ4v) is 4.56. The maximum absolute atomic E-state index is 12.7. The Balaban J connectivity index is 1.63. The van der Waals surface area contributed by atoms with Crippen LogP contribution in [-0.4, -0.2) is 30.4 Å². The third-order valence-electron chi connectivity index (χ3n) is 5.00. The number of nitrogens with one attached hydrogen (secondary N) is 2. The molecule has 0 saturated carbocycles. The van der Waals surface area contributed by atoms with Crippen LogP contribution in [0.4, 0.5) is 5.69 Å². The summed E-state index contributed by atoms with van der Waals surface area (Å²) >= 11 is 5.85. The van der Waals surface area contributed by atoms with Gasteiger partial charge in [-0.25, -0.2) is 13.4 Å². The number of carbonyl (C=O) groups is 1. The lowest BCUT2D eigenvalue weighted by Crippen LogP contribution is -2.22. The Hall–Kier alpha value is -3.36. The Morgan fingerprint density at radius 3 is 2.38 bits per heavy atom. The number of imidazole rings is 1. The van der Waals surface area contributed by atoms with Crippen LogP contribution in [0.3, 0.4) is 0 Å². The third kappa shape index (κ3) is 4.32. The van der Waals surface area contributed by atoms with Crippen molar-refractivity contribution < 1.29 is 13.2 Å². The lowest BCUT2D eigenvalue weighted by Gasteiger charge is -2.08. The van der Waals surface area contributed by atoms with Gasteiger partial charge in [-0.15, -0.1) is 0 Å². The average Bonchev–Trinajstić information content (AvgIpc) is 3.10. The highest BCUT2D eigenvalue weighted by molar-refractivity contribution is 7.92. The fourth-order valence-electron chi connectivity index (χ4n) is 3.38. The van der Waals surface area contributed by atoms with Crippen molar-refractivity contribution in [1.82, 2.24) is 14.9 Å². The van der Waals surface area contributed by atoms with Crippen LogP contribution in [0, 0.1) is 0 Å². The minimum Gasteiger partial charge on any atom is -0.352 e. The van der Waals surface area contributed by atoms with Gasteiger partial charge in [0.05, 0.1) is 21.6 Å². The first kappa shape index (κ1) is 21.9. The summed E-state index contributed by atoms with van der Waals surface area (Å²) < 4.78 is 29.8. The van der Waals surface area contributed by atoms with Gasteiger partial charge in [-0.3, -0.25) is 9.52 Å². The second-order valence-electron chi connectivity index (χ2n) is 7.19. The van der Waals surface area contributed by atoms with Crippen LogP contribution in [0.15, 0.2) is 71.6 Å². The van der Waals surface area contributed by atoms with E-state index in [2.05, 4.69) is 15.0 Å². The first-order valence-corrected chi connectivity index (χ1v) is 11.8. The molecule has 7 nitrogen and oxygen atoms in total. The number of carbonyl (C=O) groups excluding carboxylic acids is 1. The van der Waals surface area contributed by atoms with Crippen molar-refractivity contribution in [2.75, 3.05) is 11.3 Å². The van der Waals surface area contributed by atoms with Crippen LogP contribution >= 0.6 is 11.6 Å². The van der Waals surface area contributed by atoms with Gasteiger partial charge in [-0.2, -0.15) is 0 Å². The van der Waals surface area contributed by atoms with Crippen LogP contribution < -0.4 is 10.0 Å². The number of hydrogen-bond acceptors (Lipinski definition) is 4. The number of anilines is 1. The molecule has 0 atom stereocenters. The highest BCUT2D eigenvalue weighted by atomic mass is 35.5. The van der Waals surface area contributed by atoms with E-state index in [1.807, 2.05) is 36.7 Å². The van der Waals surface area contributed by atoms with E-state index < -0.39 is 10.0 Å². The van der Waals surface area contributed by atoms with Gasteiger partial charge in [0.15, 0.2) is 0 Å². The standard InChI is InChI=1S/C23H21ClN4O3S/c1-3-25-23(29)16-6-4-15(5-7-16)22-26-20-14-18(10-13-21(20)28(22)2)27-32(30,31)19-11-8-17(24)9-12-19/h4-14,27H,3H2,1-2H3,(H,25,29). The quantitative estimate of drug-likeness (QED) is 0.437. The third-order valence-corrected chi connectivity index (χ3v) is 6.65. The van der Waals surface area contributed by atoms with Gasteiger partial charge in [-0.1, -0.05) is 23.7 Å². The zero-order chi connectivity index (χ0) is 22.9.